The Balaban J connectivity index is 1.51. The number of esters is 1. The highest BCUT2D eigenvalue weighted by Crippen LogP contribution is 2.31. The predicted molar refractivity (Wildman–Crippen MR) is 126 cm³/mol. The van der Waals surface area contributed by atoms with E-state index in [0.29, 0.717) is 35.1 Å². The van der Waals surface area contributed by atoms with E-state index in [1.807, 2.05) is 30.3 Å². The zero-order valence-corrected chi connectivity index (χ0v) is 19.3. The molecule has 0 radical (unpaired) electrons. The van der Waals surface area contributed by atoms with Crippen LogP contribution in [0.1, 0.15) is 52.4 Å². The van der Waals surface area contributed by atoms with Gasteiger partial charge >= 0.3 is 5.97 Å². The maximum absolute atomic E-state index is 11.6. The third-order valence-electron chi connectivity index (χ3n) is 5.74. The molecule has 0 N–H and O–H groups in total. The number of aryl methyl sites for hydroxylation is 1. The minimum atomic E-state index is -0.378. The van der Waals surface area contributed by atoms with E-state index >= 15 is 0 Å². The van der Waals surface area contributed by atoms with Gasteiger partial charge in [-0.15, -0.1) is 10.2 Å². The number of aromatic nitrogens is 3. The molecule has 0 unspecified atom stereocenters. The summed E-state index contributed by atoms with van der Waals surface area (Å²) in [6.07, 6.45) is 5.99. The number of methoxy groups -OCH3 is 2. The van der Waals surface area contributed by atoms with E-state index < -0.39 is 0 Å². The van der Waals surface area contributed by atoms with Crippen molar-refractivity contribution in [2.24, 2.45) is 0 Å². The number of hydrogen-bond acceptors (Lipinski definition) is 7. The summed E-state index contributed by atoms with van der Waals surface area (Å²) in [5.74, 6) is 2.30. The summed E-state index contributed by atoms with van der Waals surface area (Å²) in [6.45, 7) is 1.13. The number of ether oxygens (including phenoxy) is 3. The average Bonchev–Trinajstić information content (AvgIpc) is 3.13. The van der Waals surface area contributed by atoms with Gasteiger partial charge in [-0.3, -0.25) is 0 Å². The molecule has 1 aromatic heterocycles. The molecule has 8 nitrogen and oxygen atoms in total. The second kappa shape index (κ2) is 10.7. The average molecular weight is 459 g/mol. The summed E-state index contributed by atoms with van der Waals surface area (Å²) in [4.78, 5) is 11.6. The van der Waals surface area contributed by atoms with E-state index in [1.165, 1.54) is 7.11 Å². The summed E-state index contributed by atoms with van der Waals surface area (Å²) >= 11 is 0. The number of fused-ring (bicyclic) bond motifs is 1. The topological polar surface area (TPSA) is 99.3 Å². The molecule has 8 heteroatoms. The number of carbonyl (C=O) groups excluding carboxylic acids is 1. The molecule has 0 saturated carbocycles. The normalized spacial score (nSPS) is 13.4. The molecule has 0 atom stereocenters. The molecular weight excluding hydrogens is 432 g/mol. The van der Waals surface area contributed by atoms with Gasteiger partial charge in [-0.1, -0.05) is 24.6 Å². The quantitative estimate of drug-likeness (QED) is 0.381. The Labute approximate surface area is 198 Å². The second-order valence-electron chi connectivity index (χ2n) is 7.96. The van der Waals surface area contributed by atoms with Gasteiger partial charge < -0.3 is 18.8 Å². The first-order valence-corrected chi connectivity index (χ1v) is 11.1. The van der Waals surface area contributed by atoms with Crippen molar-refractivity contribution in [1.82, 2.24) is 14.8 Å². The maximum atomic E-state index is 11.6. The standard InChI is InChI=1S/C26H26N4O4/c1-32-23-15-19(14-21(16-27)25-29-28-24-6-4-3-5-13-30(24)25)9-12-22(23)34-17-18-7-10-20(11-8-18)26(31)33-2/h7-12,14-15H,3-6,13,17H2,1-2H3. The van der Waals surface area contributed by atoms with E-state index in [2.05, 4.69) is 20.8 Å². The number of allylic oxidation sites excluding steroid dienone is 1. The van der Waals surface area contributed by atoms with Gasteiger partial charge in [0.15, 0.2) is 17.3 Å². The van der Waals surface area contributed by atoms with Crippen LogP contribution < -0.4 is 9.47 Å². The Bertz CT molecular complexity index is 1240. The number of hydrogen-bond donors (Lipinski definition) is 0. The molecule has 34 heavy (non-hydrogen) atoms. The molecule has 3 aromatic rings. The molecule has 2 heterocycles. The SMILES string of the molecule is COC(=O)c1ccc(COc2ccc(C=C(C#N)c3nnc4n3CCCCC4)cc2OC)cc1. The molecule has 1 aliphatic rings. The summed E-state index contributed by atoms with van der Waals surface area (Å²) in [5, 5.41) is 18.4. The summed E-state index contributed by atoms with van der Waals surface area (Å²) in [5.41, 5.74) is 2.65. The molecule has 0 saturated heterocycles. The minimum absolute atomic E-state index is 0.308. The van der Waals surface area contributed by atoms with Crippen molar-refractivity contribution in [3.63, 3.8) is 0 Å². The lowest BCUT2D eigenvalue weighted by Crippen LogP contribution is -2.05. The van der Waals surface area contributed by atoms with Crippen LogP contribution in [0.3, 0.4) is 0 Å². The van der Waals surface area contributed by atoms with Crippen molar-refractivity contribution in [3.05, 3.63) is 70.8 Å². The van der Waals surface area contributed by atoms with Crippen molar-refractivity contribution in [2.45, 2.75) is 38.8 Å². The van der Waals surface area contributed by atoms with Crippen molar-refractivity contribution in [3.8, 4) is 17.6 Å². The van der Waals surface area contributed by atoms with E-state index in [-0.39, 0.29) is 5.97 Å². The fraction of sp³-hybridized carbons (Fsp3) is 0.308. The summed E-state index contributed by atoms with van der Waals surface area (Å²) in [7, 11) is 2.93. The number of benzene rings is 2. The smallest absolute Gasteiger partial charge is 0.337 e. The van der Waals surface area contributed by atoms with Crippen LogP contribution in [-0.2, 0) is 24.3 Å². The molecule has 4 rings (SSSR count). The van der Waals surface area contributed by atoms with Crippen molar-refractivity contribution in [1.29, 1.82) is 5.26 Å². The van der Waals surface area contributed by atoms with Crippen molar-refractivity contribution < 1.29 is 19.0 Å². The van der Waals surface area contributed by atoms with Crippen LogP contribution in [0.4, 0.5) is 0 Å². The van der Waals surface area contributed by atoms with Gasteiger partial charge in [0.1, 0.15) is 18.5 Å². The minimum Gasteiger partial charge on any atom is -0.493 e. The molecule has 2 aromatic carbocycles. The third kappa shape index (κ3) is 5.09. The van der Waals surface area contributed by atoms with Gasteiger partial charge in [-0.2, -0.15) is 5.26 Å². The van der Waals surface area contributed by atoms with Gasteiger partial charge in [0.05, 0.1) is 25.4 Å². The number of nitriles is 1. The Kier molecular flexibility index (Phi) is 7.23. The second-order valence-corrected chi connectivity index (χ2v) is 7.96. The highest BCUT2D eigenvalue weighted by atomic mass is 16.5. The lowest BCUT2D eigenvalue weighted by molar-refractivity contribution is 0.0600. The van der Waals surface area contributed by atoms with Crippen LogP contribution in [0, 0.1) is 11.3 Å². The Morgan fingerprint density at radius 1 is 1.09 bits per heavy atom. The number of nitrogens with zero attached hydrogens (tertiary/aromatic N) is 4. The number of rotatable bonds is 7. The highest BCUT2D eigenvalue weighted by Gasteiger charge is 2.18. The lowest BCUT2D eigenvalue weighted by atomic mass is 10.1. The van der Waals surface area contributed by atoms with Gasteiger partial charge in [-0.25, -0.2) is 4.79 Å². The first-order valence-electron chi connectivity index (χ1n) is 11.1. The highest BCUT2D eigenvalue weighted by molar-refractivity contribution is 5.89. The molecule has 0 spiro atoms. The maximum Gasteiger partial charge on any atom is 0.337 e. The Morgan fingerprint density at radius 2 is 1.91 bits per heavy atom. The molecule has 0 aliphatic carbocycles. The van der Waals surface area contributed by atoms with Gasteiger partial charge in [-0.05, 0) is 54.3 Å². The largest absolute Gasteiger partial charge is 0.493 e. The molecule has 174 valence electrons. The van der Waals surface area contributed by atoms with Crippen molar-refractivity contribution in [2.75, 3.05) is 14.2 Å². The van der Waals surface area contributed by atoms with Crippen LogP contribution in [0.5, 0.6) is 11.5 Å². The lowest BCUT2D eigenvalue weighted by Gasteiger charge is -2.12. The first kappa shape index (κ1) is 23.1. The predicted octanol–water partition coefficient (Wildman–Crippen LogP) is 4.44. The summed E-state index contributed by atoms with van der Waals surface area (Å²) < 4.78 is 18.2. The monoisotopic (exact) mass is 458 g/mol. The molecule has 0 amide bonds. The third-order valence-corrected chi connectivity index (χ3v) is 5.74. The Hall–Kier alpha value is -4.12. The van der Waals surface area contributed by atoms with Crippen LogP contribution >= 0.6 is 0 Å². The van der Waals surface area contributed by atoms with Crippen LogP contribution in [-0.4, -0.2) is 35.0 Å². The van der Waals surface area contributed by atoms with E-state index in [0.717, 1.165) is 49.2 Å². The number of carbonyl (C=O) groups is 1. The molecule has 0 fully saturated rings. The fourth-order valence-electron chi connectivity index (χ4n) is 3.91. The van der Waals surface area contributed by atoms with E-state index in [9.17, 15) is 10.1 Å². The van der Waals surface area contributed by atoms with Crippen LogP contribution in [0.25, 0.3) is 11.6 Å². The van der Waals surface area contributed by atoms with Gasteiger partial charge in [0.25, 0.3) is 0 Å². The molecule has 0 bridgehead atoms. The fourth-order valence-corrected chi connectivity index (χ4v) is 3.91. The van der Waals surface area contributed by atoms with Crippen LogP contribution in [0.15, 0.2) is 42.5 Å². The van der Waals surface area contributed by atoms with Crippen molar-refractivity contribution >= 4 is 17.6 Å². The first-order chi connectivity index (χ1) is 16.6. The van der Waals surface area contributed by atoms with E-state index in [4.69, 9.17) is 14.2 Å². The molecular formula is C26H26N4O4. The van der Waals surface area contributed by atoms with E-state index in [1.54, 1.807) is 25.3 Å². The Morgan fingerprint density at radius 3 is 2.65 bits per heavy atom. The van der Waals surface area contributed by atoms with Gasteiger partial charge in [0.2, 0.25) is 0 Å². The summed E-state index contributed by atoms with van der Waals surface area (Å²) in [6, 6.07) is 14.8. The van der Waals surface area contributed by atoms with Gasteiger partial charge in [0, 0.05) is 13.0 Å². The molecule has 1 aliphatic heterocycles. The van der Waals surface area contributed by atoms with Crippen LogP contribution in [0.2, 0.25) is 0 Å². The zero-order chi connectivity index (χ0) is 23.9. The zero-order valence-electron chi connectivity index (χ0n) is 19.3.